The minimum absolute atomic E-state index is 0.635. The van der Waals surface area contributed by atoms with E-state index in [1.165, 1.54) is 38.0 Å². The van der Waals surface area contributed by atoms with Crippen molar-refractivity contribution in [3.05, 3.63) is 35.9 Å². The Kier molecular flexibility index (Phi) is 5.51. The second kappa shape index (κ2) is 7.58. The molecule has 2 aliphatic heterocycles. The fourth-order valence-electron chi connectivity index (χ4n) is 3.82. The monoisotopic (exact) mass is 302 g/mol. The van der Waals surface area contributed by atoms with Crippen molar-refractivity contribution in [1.82, 2.24) is 9.80 Å². The number of ether oxygens (including phenoxy) is 1. The molecule has 2 saturated heterocycles. The molecule has 122 valence electrons. The van der Waals surface area contributed by atoms with Crippen molar-refractivity contribution in [1.29, 1.82) is 0 Å². The third-order valence-corrected chi connectivity index (χ3v) is 5.31. The van der Waals surface area contributed by atoms with Crippen molar-refractivity contribution >= 4 is 0 Å². The molecule has 0 radical (unpaired) electrons. The van der Waals surface area contributed by atoms with Crippen LogP contribution in [0.15, 0.2) is 30.3 Å². The largest absolute Gasteiger partial charge is 0.381 e. The van der Waals surface area contributed by atoms with Gasteiger partial charge in [0.15, 0.2) is 0 Å². The van der Waals surface area contributed by atoms with E-state index in [-0.39, 0.29) is 0 Å². The van der Waals surface area contributed by atoms with Gasteiger partial charge in [0.05, 0.1) is 0 Å². The van der Waals surface area contributed by atoms with Crippen LogP contribution in [0.25, 0.3) is 0 Å². The molecule has 3 heteroatoms. The van der Waals surface area contributed by atoms with Crippen LogP contribution in [-0.4, -0.2) is 54.7 Å². The predicted octanol–water partition coefficient (Wildman–Crippen LogP) is 3.01. The Morgan fingerprint density at radius 2 is 1.59 bits per heavy atom. The van der Waals surface area contributed by atoms with Crippen molar-refractivity contribution in [3.8, 4) is 0 Å². The summed E-state index contributed by atoms with van der Waals surface area (Å²) >= 11 is 0. The Labute approximate surface area is 135 Å². The fourth-order valence-corrected chi connectivity index (χ4v) is 3.82. The highest BCUT2D eigenvalue weighted by Crippen LogP contribution is 2.22. The average Bonchev–Trinajstić information content (AvgIpc) is 2.54. The molecule has 2 atom stereocenters. The van der Waals surface area contributed by atoms with Crippen LogP contribution in [0.4, 0.5) is 0 Å². The van der Waals surface area contributed by atoms with Gasteiger partial charge in [-0.1, -0.05) is 30.3 Å². The van der Waals surface area contributed by atoms with Crippen LogP contribution in [0.1, 0.15) is 32.3 Å². The highest BCUT2D eigenvalue weighted by atomic mass is 16.5. The van der Waals surface area contributed by atoms with E-state index in [0.717, 1.165) is 25.7 Å². The van der Waals surface area contributed by atoms with Crippen LogP contribution >= 0.6 is 0 Å². The van der Waals surface area contributed by atoms with Crippen LogP contribution in [0.3, 0.4) is 0 Å². The molecule has 0 spiro atoms. The first-order chi connectivity index (χ1) is 10.7. The van der Waals surface area contributed by atoms with E-state index in [4.69, 9.17) is 4.74 Å². The van der Waals surface area contributed by atoms with Gasteiger partial charge in [0.25, 0.3) is 0 Å². The van der Waals surface area contributed by atoms with Gasteiger partial charge < -0.3 is 4.74 Å². The van der Waals surface area contributed by atoms with E-state index < -0.39 is 0 Å². The van der Waals surface area contributed by atoms with Gasteiger partial charge in [0.2, 0.25) is 0 Å². The molecule has 0 amide bonds. The molecule has 0 aromatic heterocycles. The Morgan fingerprint density at radius 3 is 2.32 bits per heavy atom. The van der Waals surface area contributed by atoms with Gasteiger partial charge in [-0.15, -0.1) is 0 Å². The summed E-state index contributed by atoms with van der Waals surface area (Å²) in [6.45, 7) is 11.4. The first-order valence-electron chi connectivity index (χ1n) is 8.82. The normalized spacial score (nSPS) is 28.8. The molecule has 2 fully saturated rings. The standard InChI is InChI=1S/C19H30N2O/c1-16-13-21(15-19-8-10-22-11-9-19)17(2)12-20(16)14-18-6-4-3-5-7-18/h3-7,16-17,19H,8-15H2,1-2H3/t16-,17-/m0/s1. The lowest BCUT2D eigenvalue weighted by Gasteiger charge is -2.45. The number of nitrogens with zero attached hydrogens (tertiary/aromatic N) is 2. The summed E-state index contributed by atoms with van der Waals surface area (Å²) in [7, 11) is 0. The van der Waals surface area contributed by atoms with Gasteiger partial charge in [0, 0.05) is 51.5 Å². The first kappa shape index (κ1) is 16.0. The van der Waals surface area contributed by atoms with Gasteiger partial charge in [0.1, 0.15) is 0 Å². The van der Waals surface area contributed by atoms with Gasteiger partial charge in [-0.3, -0.25) is 9.80 Å². The molecule has 1 aromatic carbocycles. The number of rotatable bonds is 4. The molecular weight excluding hydrogens is 272 g/mol. The quantitative estimate of drug-likeness (QED) is 0.850. The van der Waals surface area contributed by atoms with Crippen LogP contribution in [-0.2, 0) is 11.3 Å². The number of benzene rings is 1. The van der Waals surface area contributed by atoms with E-state index in [9.17, 15) is 0 Å². The zero-order valence-electron chi connectivity index (χ0n) is 14.1. The molecule has 3 rings (SSSR count). The maximum absolute atomic E-state index is 5.49. The molecule has 22 heavy (non-hydrogen) atoms. The van der Waals surface area contributed by atoms with Gasteiger partial charge in [-0.25, -0.2) is 0 Å². The van der Waals surface area contributed by atoms with Gasteiger partial charge >= 0.3 is 0 Å². The number of piperazine rings is 1. The average molecular weight is 302 g/mol. The summed E-state index contributed by atoms with van der Waals surface area (Å²) in [4.78, 5) is 5.35. The maximum atomic E-state index is 5.49. The third kappa shape index (κ3) is 4.09. The molecule has 1 aromatic rings. The van der Waals surface area contributed by atoms with Gasteiger partial charge in [-0.05, 0) is 38.2 Å². The van der Waals surface area contributed by atoms with Crippen LogP contribution in [0.2, 0.25) is 0 Å². The van der Waals surface area contributed by atoms with E-state index in [2.05, 4.69) is 54.0 Å². The van der Waals surface area contributed by atoms with Crippen molar-refractivity contribution < 1.29 is 4.74 Å². The molecule has 0 N–H and O–H groups in total. The summed E-state index contributed by atoms with van der Waals surface area (Å²) in [5.41, 5.74) is 1.43. The number of hydrogen-bond acceptors (Lipinski definition) is 3. The molecule has 0 saturated carbocycles. The van der Waals surface area contributed by atoms with E-state index in [1.54, 1.807) is 0 Å². The lowest BCUT2D eigenvalue weighted by Crippen LogP contribution is -2.56. The zero-order valence-corrected chi connectivity index (χ0v) is 14.1. The summed E-state index contributed by atoms with van der Waals surface area (Å²) < 4.78 is 5.49. The smallest absolute Gasteiger partial charge is 0.0469 e. The summed E-state index contributed by atoms with van der Waals surface area (Å²) in [5, 5.41) is 0. The van der Waals surface area contributed by atoms with E-state index in [0.29, 0.717) is 12.1 Å². The molecule has 2 heterocycles. The minimum atomic E-state index is 0.635. The summed E-state index contributed by atoms with van der Waals surface area (Å²) in [5.74, 6) is 0.837. The highest BCUT2D eigenvalue weighted by molar-refractivity contribution is 5.14. The summed E-state index contributed by atoms with van der Waals surface area (Å²) in [6.07, 6.45) is 2.48. The Morgan fingerprint density at radius 1 is 0.955 bits per heavy atom. The second-order valence-electron chi connectivity index (χ2n) is 7.12. The first-order valence-corrected chi connectivity index (χ1v) is 8.82. The van der Waals surface area contributed by atoms with E-state index >= 15 is 0 Å². The van der Waals surface area contributed by atoms with Crippen LogP contribution in [0.5, 0.6) is 0 Å². The second-order valence-corrected chi connectivity index (χ2v) is 7.12. The molecule has 3 nitrogen and oxygen atoms in total. The maximum Gasteiger partial charge on any atom is 0.0469 e. The Balaban J connectivity index is 1.54. The lowest BCUT2D eigenvalue weighted by molar-refractivity contribution is 0.00517. The molecule has 0 bridgehead atoms. The zero-order chi connectivity index (χ0) is 15.4. The third-order valence-electron chi connectivity index (χ3n) is 5.31. The minimum Gasteiger partial charge on any atom is -0.381 e. The number of hydrogen-bond donors (Lipinski definition) is 0. The van der Waals surface area contributed by atoms with Crippen molar-refractivity contribution in [3.63, 3.8) is 0 Å². The summed E-state index contributed by atoms with van der Waals surface area (Å²) in [6, 6.07) is 12.2. The van der Waals surface area contributed by atoms with Crippen molar-refractivity contribution in [2.45, 2.75) is 45.3 Å². The van der Waals surface area contributed by atoms with Crippen LogP contribution in [0, 0.1) is 5.92 Å². The van der Waals surface area contributed by atoms with E-state index in [1.807, 2.05) is 0 Å². The van der Waals surface area contributed by atoms with Gasteiger partial charge in [-0.2, -0.15) is 0 Å². The van der Waals surface area contributed by atoms with Crippen LogP contribution < -0.4 is 0 Å². The van der Waals surface area contributed by atoms with Crippen molar-refractivity contribution in [2.75, 3.05) is 32.8 Å². The topological polar surface area (TPSA) is 15.7 Å². The fraction of sp³-hybridized carbons (Fsp3) is 0.684. The lowest BCUT2D eigenvalue weighted by atomic mass is 9.97. The molecule has 0 aliphatic carbocycles. The molecular formula is C19H30N2O. The van der Waals surface area contributed by atoms with Crippen molar-refractivity contribution in [2.24, 2.45) is 5.92 Å². The predicted molar refractivity (Wildman–Crippen MR) is 90.9 cm³/mol. The SMILES string of the molecule is C[C@H]1CN(CC2CCOCC2)[C@@H](C)CN1Cc1ccccc1. The Bertz CT molecular complexity index is 444. The highest BCUT2D eigenvalue weighted by Gasteiger charge is 2.30. The Hall–Kier alpha value is -0.900. The molecule has 0 unspecified atom stereocenters. The molecule has 2 aliphatic rings.